The van der Waals surface area contributed by atoms with E-state index >= 15 is 0 Å². The summed E-state index contributed by atoms with van der Waals surface area (Å²) in [6.07, 6.45) is 7.94. The Morgan fingerprint density at radius 1 is 1.19 bits per heavy atom. The summed E-state index contributed by atoms with van der Waals surface area (Å²) >= 11 is 0. The second-order valence-corrected chi connectivity index (χ2v) is 6.21. The summed E-state index contributed by atoms with van der Waals surface area (Å²) in [5.74, 6) is 1.01. The summed E-state index contributed by atoms with van der Waals surface area (Å²) in [5.41, 5.74) is 2.08. The summed E-state index contributed by atoms with van der Waals surface area (Å²) in [7, 11) is 0. The number of anilines is 2. The van der Waals surface area contributed by atoms with Crippen molar-refractivity contribution in [1.29, 1.82) is 0 Å². The number of hydrogen-bond acceptors (Lipinski definition) is 3. The molecule has 3 N–H and O–H groups in total. The quantitative estimate of drug-likeness (QED) is 0.730. The molecule has 1 saturated carbocycles. The van der Waals surface area contributed by atoms with Crippen molar-refractivity contribution < 1.29 is 4.79 Å². The maximum Gasteiger partial charge on any atom is 0.244 e. The Kier molecular flexibility index (Phi) is 4.63. The minimum atomic E-state index is -0.175. The number of rotatable bonds is 5. The van der Waals surface area contributed by atoms with Gasteiger partial charge >= 0.3 is 0 Å². The molecule has 1 aromatic rings. The third-order valence-electron chi connectivity index (χ3n) is 4.63. The van der Waals surface area contributed by atoms with E-state index in [4.69, 9.17) is 0 Å². The molecule has 1 atom stereocenters. The fraction of sp³-hybridized carbons (Fsp3) is 0.588. The third kappa shape index (κ3) is 3.69. The number of para-hydroxylation sites is 2. The van der Waals surface area contributed by atoms with Crippen LogP contribution in [0.2, 0.25) is 0 Å². The Balaban J connectivity index is 1.40. The van der Waals surface area contributed by atoms with Crippen LogP contribution in [0.4, 0.5) is 11.4 Å². The average molecular weight is 287 g/mol. The van der Waals surface area contributed by atoms with Crippen LogP contribution in [0.3, 0.4) is 0 Å². The number of benzene rings is 1. The second kappa shape index (κ2) is 6.83. The van der Waals surface area contributed by atoms with Gasteiger partial charge in [0.15, 0.2) is 0 Å². The molecule has 1 heterocycles. The Morgan fingerprint density at radius 2 is 1.95 bits per heavy atom. The van der Waals surface area contributed by atoms with Crippen molar-refractivity contribution in [2.75, 3.05) is 23.7 Å². The van der Waals surface area contributed by atoms with Crippen LogP contribution in [-0.2, 0) is 4.79 Å². The van der Waals surface area contributed by atoms with Crippen molar-refractivity contribution in [2.45, 2.75) is 44.6 Å². The van der Waals surface area contributed by atoms with Crippen LogP contribution in [0.25, 0.3) is 0 Å². The fourth-order valence-electron chi connectivity index (χ4n) is 3.40. The van der Waals surface area contributed by atoms with Crippen LogP contribution < -0.4 is 16.0 Å². The van der Waals surface area contributed by atoms with Crippen molar-refractivity contribution in [3.63, 3.8) is 0 Å². The van der Waals surface area contributed by atoms with Gasteiger partial charge in [-0.1, -0.05) is 37.8 Å². The molecule has 114 valence electrons. The zero-order valence-corrected chi connectivity index (χ0v) is 12.5. The van der Waals surface area contributed by atoms with E-state index in [0.29, 0.717) is 6.54 Å². The summed E-state index contributed by atoms with van der Waals surface area (Å²) < 4.78 is 0. The molecule has 21 heavy (non-hydrogen) atoms. The number of fused-ring (bicyclic) bond motifs is 1. The van der Waals surface area contributed by atoms with E-state index in [9.17, 15) is 4.79 Å². The summed E-state index contributed by atoms with van der Waals surface area (Å²) in [6.45, 7) is 1.45. The largest absolute Gasteiger partial charge is 0.381 e. The van der Waals surface area contributed by atoms with Crippen molar-refractivity contribution >= 4 is 17.3 Å². The van der Waals surface area contributed by atoms with E-state index in [-0.39, 0.29) is 11.9 Å². The summed E-state index contributed by atoms with van der Waals surface area (Å²) in [6, 6.07) is 7.83. The highest BCUT2D eigenvalue weighted by Gasteiger charge is 2.23. The van der Waals surface area contributed by atoms with Gasteiger partial charge in [0.25, 0.3) is 0 Å². The lowest BCUT2D eigenvalue weighted by Crippen LogP contribution is -2.46. The monoisotopic (exact) mass is 287 g/mol. The molecule has 3 rings (SSSR count). The zero-order chi connectivity index (χ0) is 14.5. The van der Waals surface area contributed by atoms with Crippen molar-refractivity contribution in [3.8, 4) is 0 Å². The maximum absolute atomic E-state index is 12.2. The Bertz CT molecular complexity index is 483. The molecule has 4 nitrogen and oxygen atoms in total. The molecule has 1 aromatic carbocycles. The van der Waals surface area contributed by atoms with Gasteiger partial charge < -0.3 is 16.0 Å². The second-order valence-electron chi connectivity index (χ2n) is 6.21. The van der Waals surface area contributed by atoms with Crippen LogP contribution in [-0.4, -0.2) is 25.0 Å². The molecule has 1 amide bonds. The lowest BCUT2D eigenvalue weighted by molar-refractivity contribution is -0.121. The Labute approximate surface area is 126 Å². The maximum atomic E-state index is 12.2. The smallest absolute Gasteiger partial charge is 0.244 e. The highest BCUT2D eigenvalue weighted by atomic mass is 16.2. The summed E-state index contributed by atoms with van der Waals surface area (Å²) in [4.78, 5) is 12.2. The van der Waals surface area contributed by atoms with Gasteiger partial charge in [-0.25, -0.2) is 0 Å². The standard InChI is InChI=1S/C17H25N3O/c21-17(18-11-5-8-13-6-1-2-7-13)16-12-19-14-9-3-4-10-15(14)20-16/h3-4,9-10,13,16,19-20H,1-2,5-8,11-12H2,(H,18,21). The van der Waals surface area contributed by atoms with Gasteiger partial charge in [0, 0.05) is 13.1 Å². The average Bonchev–Trinajstić information content (AvgIpc) is 3.04. The molecular formula is C17H25N3O. The first kappa shape index (κ1) is 14.2. The summed E-state index contributed by atoms with van der Waals surface area (Å²) in [5, 5.41) is 9.68. The molecule has 0 bridgehead atoms. The van der Waals surface area contributed by atoms with Crippen LogP contribution >= 0.6 is 0 Å². The Morgan fingerprint density at radius 3 is 2.76 bits per heavy atom. The minimum Gasteiger partial charge on any atom is -0.381 e. The molecule has 1 unspecified atom stereocenters. The van der Waals surface area contributed by atoms with Crippen LogP contribution in [0, 0.1) is 5.92 Å². The SMILES string of the molecule is O=C(NCCCC1CCCC1)C1CNc2ccccc2N1. The number of carbonyl (C=O) groups excluding carboxylic acids is 1. The molecule has 0 radical (unpaired) electrons. The lowest BCUT2D eigenvalue weighted by Gasteiger charge is -2.27. The molecule has 1 aliphatic carbocycles. The molecule has 2 aliphatic rings. The first-order valence-corrected chi connectivity index (χ1v) is 8.20. The predicted octanol–water partition coefficient (Wildman–Crippen LogP) is 2.98. The first-order valence-electron chi connectivity index (χ1n) is 8.20. The van der Waals surface area contributed by atoms with E-state index < -0.39 is 0 Å². The Hall–Kier alpha value is -1.71. The van der Waals surface area contributed by atoms with Crippen LogP contribution in [0.15, 0.2) is 24.3 Å². The van der Waals surface area contributed by atoms with Crippen molar-refractivity contribution in [1.82, 2.24) is 5.32 Å². The number of carbonyl (C=O) groups is 1. The van der Waals surface area contributed by atoms with Gasteiger partial charge in [-0.2, -0.15) is 0 Å². The van der Waals surface area contributed by atoms with Crippen molar-refractivity contribution in [2.24, 2.45) is 5.92 Å². The lowest BCUT2D eigenvalue weighted by atomic mass is 10.0. The number of hydrogen-bond donors (Lipinski definition) is 3. The van der Waals surface area contributed by atoms with Crippen LogP contribution in [0.5, 0.6) is 0 Å². The van der Waals surface area contributed by atoms with E-state index in [1.807, 2.05) is 24.3 Å². The minimum absolute atomic E-state index is 0.100. The fourth-order valence-corrected chi connectivity index (χ4v) is 3.40. The third-order valence-corrected chi connectivity index (χ3v) is 4.63. The molecule has 0 saturated heterocycles. The van der Waals surface area contributed by atoms with Gasteiger partial charge in [0.2, 0.25) is 5.91 Å². The van der Waals surface area contributed by atoms with E-state index in [2.05, 4.69) is 16.0 Å². The normalized spacial score (nSPS) is 21.2. The zero-order valence-electron chi connectivity index (χ0n) is 12.5. The van der Waals surface area contributed by atoms with Gasteiger partial charge in [0.1, 0.15) is 6.04 Å². The van der Waals surface area contributed by atoms with E-state index in [0.717, 1.165) is 30.3 Å². The molecular weight excluding hydrogens is 262 g/mol. The van der Waals surface area contributed by atoms with E-state index in [1.165, 1.54) is 32.1 Å². The first-order chi connectivity index (χ1) is 10.3. The number of nitrogens with one attached hydrogen (secondary N) is 3. The topological polar surface area (TPSA) is 53.2 Å². The molecule has 4 heteroatoms. The molecule has 0 spiro atoms. The van der Waals surface area contributed by atoms with Gasteiger partial charge in [-0.3, -0.25) is 4.79 Å². The van der Waals surface area contributed by atoms with E-state index in [1.54, 1.807) is 0 Å². The van der Waals surface area contributed by atoms with Gasteiger partial charge in [-0.15, -0.1) is 0 Å². The van der Waals surface area contributed by atoms with Gasteiger partial charge in [0.05, 0.1) is 11.4 Å². The number of amides is 1. The van der Waals surface area contributed by atoms with Crippen LogP contribution in [0.1, 0.15) is 38.5 Å². The highest BCUT2D eigenvalue weighted by Crippen LogP contribution is 2.28. The van der Waals surface area contributed by atoms with Crippen molar-refractivity contribution in [3.05, 3.63) is 24.3 Å². The molecule has 1 aliphatic heterocycles. The predicted molar refractivity (Wildman–Crippen MR) is 86.5 cm³/mol. The molecule has 1 fully saturated rings. The van der Waals surface area contributed by atoms with Gasteiger partial charge in [-0.05, 0) is 30.9 Å². The molecule has 0 aromatic heterocycles. The highest BCUT2D eigenvalue weighted by molar-refractivity contribution is 5.88.